The van der Waals surface area contributed by atoms with E-state index in [9.17, 15) is 14.7 Å². The number of likely N-dealkylation sites (N-methyl/N-ethyl adjacent to an activating group) is 1. The number of rotatable bonds is 6. The molecule has 0 saturated heterocycles. The summed E-state index contributed by atoms with van der Waals surface area (Å²) in [6.07, 6.45) is 2.16. The van der Waals surface area contributed by atoms with E-state index in [-0.39, 0.29) is 19.1 Å². The topological polar surface area (TPSA) is 87.1 Å². The number of hydrogen-bond donors (Lipinski definition) is 2. The molecule has 3 unspecified atom stereocenters. The van der Waals surface area contributed by atoms with E-state index in [2.05, 4.69) is 0 Å². The number of aliphatic carboxylic acids is 1. The second kappa shape index (κ2) is 7.45. The van der Waals surface area contributed by atoms with Crippen LogP contribution in [0.4, 0.5) is 0 Å². The Hall–Kier alpha value is -1.14. The van der Waals surface area contributed by atoms with Crippen LogP contribution in [0.15, 0.2) is 0 Å². The van der Waals surface area contributed by atoms with Gasteiger partial charge in [0.15, 0.2) is 0 Å². The smallest absolute Gasteiger partial charge is 0.307 e. The van der Waals surface area contributed by atoms with Crippen LogP contribution < -0.4 is 0 Å². The van der Waals surface area contributed by atoms with Gasteiger partial charge in [-0.05, 0) is 12.8 Å². The lowest BCUT2D eigenvalue weighted by atomic mass is 9.78. The van der Waals surface area contributed by atoms with Crippen molar-refractivity contribution in [2.75, 3.05) is 27.3 Å². The monoisotopic (exact) mass is 273 g/mol. The Kier molecular flexibility index (Phi) is 6.24. The number of hydrogen-bond acceptors (Lipinski definition) is 4. The molecule has 1 aliphatic carbocycles. The van der Waals surface area contributed by atoms with Gasteiger partial charge in [-0.3, -0.25) is 9.59 Å². The lowest BCUT2D eigenvalue weighted by molar-refractivity contribution is -0.152. The first-order chi connectivity index (χ1) is 8.97. The molecule has 0 aromatic carbocycles. The molecule has 19 heavy (non-hydrogen) atoms. The molecule has 6 heteroatoms. The maximum atomic E-state index is 12.3. The van der Waals surface area contributed by atoms with Crippen molar-refractivity contribution < 1.29 is 24.5 Å². The number of methoxy groups -OCH3 is 1. The Morgan fingerprint density at radius 2 is 1.89 bits per heavy atom. The van der Waals surface area contributed by atoms with E-state index in [4.69, 9.17) is 9.84 Å². The van der Waals surface area contributed by atoms with Crippen molar-refractivity contribution in [3.8, 4) is 0 Å². The number of amides is 1. The first kappa shape index (κ1) is 15.9. The molecule has 1 aliphatic rings. The summed E-state index contributed by atoms with van der Waals surface area (Å²) < 4.78 is 4.81. The van der Waals surface area contributed by atoms with Crippen LogP contribution >= 0.6 is 0 Å². The lowest BCUT2D eigenvalue weighted by Gasteiger charge is -2.31. The van der Waals surface area contributed by atoms with Crippen LogP contribution in [-0.2, 0) is 14.3 Å². The minimum Gasteiger partial charge on any atom is -0.481 e. The minimum atomic E-state index is -0.899. The van der Waals surface area contributed by atoms with E-state index in [0.717, 1.165) is 12.8 Å². The van der Waals surface area contributed by atoms with Crippen molar-refractivity contribution in [1.82, 2.24) is 4.90 Å². The molecular weight excluding hydrogens is 250 g/mol. The first-order valence-electron chi connectivity index (χ1n) is 6.62. The Labute approximate surface area is 113 Å². The zero-order valence-corrected chi connectivity index (χ0v) is 11.5. The van der Waals surface area contributed by atoms with Crippen molar-refractivity contribution in [2.24, 2.45) is 11.8 Å². The van der Waals surface area contributed by atoms with E-state index in [0.29, 0.717) is 12.8 Å². The normalized spacial score (nSPS) is 24.8. The third-order valence-corrected chi connectivity index (χ3v) is 3.62. The predicted octanol–water partition coefficient (Wildman–Crippen LogP) is 0.343. The second-order valence-electron chi connectivity index (χ2n) is 5.16. The summed E-state index contributed by atoms with van der Waals surface area (Å²) in [7, 11) is 3.07. The number of carbonyl (C=O) groups is 2. The summed E-state index contributed by atoms with van der Waals surface area (Å²) in [6, 6.07) is 0. The van der Waals surface area contributed by atoms with Gasteiger partial charge in [0.2, 0.25) is 5.91 Å². The standard InChI is InChI=1S/C13H23NO5/c1-14(7-9(15)8-19-2)12(16)10-5-3-4-6-11(10)13(17)18/h9-11,15H,3-8H2,1-2H3,(H,17,18). The van der Waals surface area contributed by atoms with Crippen LogP contribution in [0, 0.1) is 11.8 Å². The Balaban J connectivity index is 2.60. The van der Waals surface area contributed by atoms with Crippen molar-refractivity contribution >= 4 is 11.9 Å². The van der Waals surface area contributed by atoms with E-state index in [1.54, 1.807) is 7.05 Å². The molecule has 0 spiro atoms. The first-order valence-corrected chi connectivity index (χ1v) is 6.62. The van der Waals surface area contributed by atoms with E-state index >= 15 is 0 Å². The molecule has 0 aromatic heterocycles. The molecule has 0 heterocycles. The number of aliphatic hydroxyl groups is 1. The number of carboxylic acids is 1. The highest BCUT2D eigenvalue weighted by Crippen LogP contribution is 2.31. The predicted molar refractivity (Wildman–Crippen MR) is 68.6 cm³/mol. The van der Waals surface area contributed by atoms with Crippen molar-refractivity contribution in [3.63, 3.8) is 0 Å². The van der Waals surface area contributed by atoms with Crippen LogP contribution in [0.3, 0.4) is 0 Å². The number of carbonyl (C=O) groups excluding carboxylic acids is 1. The molecule has 1 fully saturated rings. The highest BCUT2D eigenvalue weighted by atomic mass is 16.5. The van der Waals surface area contributed by atoms with Gasteiger partial charge in [-0.25, -0.2) is 0 Å². The van der Waals surface area contributed by atoms with Crippen molar-refractivity contribution in [3.05, 3.63) is 0 Å². The van der Waals surface area contributed by atoms with Gasteiger partial charge in [-0.2, -0.15) is 0 Å². The Morgan fingerprint density at radius 1 is 1.32 bits per heavy atom. The zero-order chi connectivity index (χ0) is 14.4. The third-order valence-electron chi connectivity index (χ3n) is 3.62. The summed E-state index contributed by atoms with van der Waals surface area (Å²) in [5.41, 5.74) is 0. The molecule has 1 rings (SSSR count). The lowest BCUT2D eigenvalue weighted by Crippen LogP contribution is -2.44. The van der Waals surface area contributed by atoms with E-state index < -0.39 is 23.9 Å². The quantitative estimate of drug-likeness (QED) is 0.729. The molecule has 110 valence electrons. The maximum Gasteiger partial charge on any atom is 0.307 e. The SMILES string of the molecule is COCC(O)CN(C)C(=O)C1CCCCC1C(=O)O. The van der Waals surface area contributed by atoms with E-state index in [1.807, 2.05) is 0 Å². The van der Waals surface area contributed by atoms with Crippen molar-refractivity contribution in [1.29, 1.82) is 0 Å². The fourth-order valence-corrected chi connectivity index (χ4v) is 2.66. The van der Waals surface area contributed by atoms with Crippen LogP contribution in [-0.4, -0.2) is 60.4 Å². The Morgan fingerprint density at radius 3 is 2.42 bits per heavy atom. The van der Waals surface area contributed by atoms with Gasteiger partial charge in [0.05, 0.1) is 24.5 Å². The van der Waals surface area contributed by atoms with Gasteiger partial charge in [-0.1, -0.05) is 12.8 Å². The third kappa shape index (κ3) is 4.47. The fraction of sp³-hybridized carbons (Fsp3) is 0.846. The molecule has 0 bridgehead atoms. The summed E-state index contributed by atoms with van der Waals surface area (Å²) in [4.78, 5) is 24.9. The Bertz CT molecular complexity index is 320. The molecule has 2 N–H and O–H groups in total. The molecule has 0 aliphatic heterocycles. The maximum absolute atomic E-state index is 12.3. The highest BCUT2D eigenvalue weighted by Gasteiger charge is 2.37. The average molecular weight is 273 g/mol. The van der Waals surface area contributed by atoms with Gasteiger partial charge < -0.3 is 19.8 Å². The van der Waals surface area contributed by atoms with Crippen LogP contribution in [0.5, 0.6) is 0 Å². The molecule has 0 aromatic rings. The summed E-state index contributed by atoms with van der Waals surface area (Å²) in [6.45, 7) is 0.320. The molecular formula is C13H23NO5. The summed E-state index contributed by atoms with van der Waals surface area (Å²) >= 11 is 0. The van der Waals surface area contributed by atoms with Gasteiger partial charge in [0, 0.05) is 20.7 Å². The number of nitrogens with zero attached hydrogens (tertiary/aromatic N) is 1. The zero-order valence-electron chi connectivity index (χ0n) is 11.5. The average Bonchev–Trinajstić information content (AvgIpc) is 2.37. The molecule has 1 saturated carbocycles. The summed E-state index contributed by atoms with van der Waals surface area (Å²) in [5, 5.41) is 18.8. The van der Waals surface area contributed by atoms with Crippen LogP contribution in [0.2, 0.25) is 0 Å². The molecule has 0 radical (unpaired) electrons. The largest absolute Gasteiger partial charge is 0.481 e. The number of carboxylic acid groups (broad SMARTS) is 1. The van der Waals surface area contributed by atoms with Gasteiger partial charge >= 0.3 is 5.97 Å². The van der Waals surface area contributed by atoms with E-state index in [1.165, 1.54) is 12.0 Å². The van der Waals surface area contributed by atoms with Gasteiger partial charge in [0.25, 0.3) is 0 Å². The number of ether oxygens (including phenoxy) is 1. The fourth-order valence-electron chi connectivity index (χ4n) is 2.66. The minimum absolute atomic E-state index is 0.157. The molecule has 3 atom stereocenters. The van der Waals surface area contributed by atoms with Crippen molar-refractivity contribution in [2.45, 2.75) is 31.8 Å². The second-order valence-corrected chi connectivity index (χ2v) is 5.16. The van der Waals surface area contributed by atoms with Crippen LogP contribution in [0.1, 0.15) is 25.7 Å². The van der Waals surface area contributed by atoms with Gasteiger partial charge in [-0.15, -0.1) is 0 Å². The highest BCUT2D eigenvalue weighted by molar-refractivity contribution is 5.84. The number of aliphatic hydroxyl groups excluding tert-OH is 1. The van der Waals surface area contributed by atoms with Gasteiger partial charge in [0.1, 0.15) is 0 Å². The van der Waals surface area contributed by atoms with Crippen LogP contribution in [0.25, 0.3) is 0 Å². The molecule has 6 nitrogen and oxygen atoms in total. The summed E-state index contributed by atoms with van der Waals surface area (Å²) in [5.74, 6) is -2.15. The molecule has 1 amide bonds.